The number of hydrogen-bond donors (Lipinski definition) is 0. The van der Waals surface area contributed by atoms with Crippen LogP contribution < -0.4 is 10.6 Å². The number of aromatic nitrogens is 1. The number of nitrogens with zero attached hydrogens (tertiary/aromatic N) is 1. The fraction of sp³-hybridized carbons (Fsp3) is 0.278. The van der Waals surface area contributed by atoms with Gasteiger partial charge in [0.15, 0.2) is 5.78 Å². The Kier molecular flexibility index (Phi) is 3.65. The largest absolute Gasteiger partial charge is 0.499 e. The third-order valence-electron chi connectivity index (χ3n) is 3.96. The zero-order valence-electron chi connectivity index (χ0n) is 12.4. The number of ketones is 1. The molecule has 3 heteroatoms. The Balaban J connectivity index is 2.04. The van der Waals surface area contributed by atoms with Crippen molar-refractivity contribution in [2.45, 2.75) is 19.3 Å². The van der Waals surface area contributed by atoms with Crippen LogP contribution in [-0.4, -0.2) is 17.5 Å². The maximum atomic E-state index is 12.6. The second kappa shape index (κ2) is 5.60. The molecule has 1 aromatic carbocycles. The lowest BCUT2D eigenvalue weighted by Crippen LogP contribution is -2.35. The van der Waals surface area contributed by atoms with Gasteiger partial charge in [-0.2, -0.15) is 0 Å². The average Bonchev–Trinajstić information content (AvgIpc) is 2.86. The smallest absolute Gasteiger partial charge is 0.169 e. The predicted molar refractivity (Wildman–Crippen MR) is 83.3 cm³/mol. The number of aryl methyl sites for hydroxylation is 1. The Morgan fingerprint density at radius 3 is 2.76 bits per heavy atom. The van der Waals surface area contributed by atoms with Crippen LogP contribution in [0.1, 0.15) is 28.8 Å². The van der Waals surface area contributed by atoms with Crippen molar-refractivity contribution in [3.8, 4) is 0 Å². The molecule has 0 amide bonds. The van der Waals surface area contributed by atoms with Gasteiger partial charge in [-0.15, -0.1) is 0 Å². The van der Waals surface area contributed by atoms with Crippen LogP contribution in [0, 0.1) is 0 Å². The highest BCUT2D eigenvalue weighted by molar-refractivity contribution is 5.98. The molecule has 0 atom stereocenters. The van der Waals surface area contributed by atoms with Crippen molar-refractivity contribution >= 4 is 17.6 Å². The summed E-state index contributed by atoms with van der Waals surface area (Å²) in [6, 6.07) is 9.87. The van der Waals surface area contributed by atoms with Crippen molar-refractivity contribution in [1.29, 1.82) is 0 Å². The van der Waals surface area contributed by atoms with Gasteiger partial charge in [-0.1, -0.05) is 36.4 Å². The lowest BCUT2D eigenvalue weighted by atomic mass is 10.0. The second-order valence-electron chi connectivity index (χ2n) is 5.37. The minimum Gasteiger partial charge on any atom is -0.499 e. The number of carbonyl (C=O) groups excluding carboxylic acids is 1. The standard InChI is InChI=1S/C18H19NO2/c1-19-12-15(14-9-6-10-17(21-2)18(14)19)16(20)11-13-7-4-3-5-8-13/h3-5,7-9,12H,6,10-11H2,1-2H3. The van der Waals surface area contributed by atoms with E-state index in [2.05, 4.69) is 6.08 Å². The van der Waals surface area contributed by atoms with Crippen LogP contribution in [-0.2, 0) is 18.2 Å². The van der Waals surface area contributed by atoms with Crippen LogP contribution in [0.4, 0.5) is 0 Å². The van der Waals surface area contributed by atoms with E-state index in [0.29, 0.717) is 6.42 Å². The van der Waals surface area contributed by atoms with E-state index in [1.807, 2.05) is 48.1 Å². The van der Waals surface area contributed by atoms with Gasteiger partial charge in [-0.05, 0) is 12.0 Å². The zero-order chi connectivity index (χ0) is 14.8. The van der Waals surface area contributed by atoms with E-state index in [0.717, 1.165) is 40.3 Å². The first-order valence-electron chi connectivity index (χ1n) is 7.20. The summed E-state index contributed by atoms with van der Waals surface area (Å²) in [6.07, 6.45) is 6.33. The van der Waals surface area contributed by atoms with E-state index >= 15 is 0 Å². The summed E-state index contributed by atoms with van der Waals surface area (Å²) in [5, 5.41) is 2.07. The molecule has 0 bridgehead atoms. The molecule has 1 heterocycles. The van der Waals surface area contributed by atoms with Gasteiger partial charge < -0.3 is 9.30 Å². The van der Waals surface area contributed by atoms with Crippen molar-refractivity contribution in [3.63, 3.8) is 0 Å². The second-order valence-corrected chi connectivity index (χ2v) is 5.37. The van der Waals surface area contributed by atoms with Crippen molar-refractivity contribution in [2.75, 3.05) is 7.11 Å². The van der Waals surface area contributed by atoms with Crippen LogP contribution >= 0.6 is 0 Å². The quantitative estimate of drug-likeness (QED) is 0.800. The van der Waals surface area contributed by atoms with Crippen LogP contribution in [0.25, 0.3) is 11.8 Å². The summed E-state index contributed by atoms with van der Waals surface area (Å²) in [5.41, 5.74) is 1.84. The molecule has 0 unspecified atom stereocenters. The highest BCUT2D eigenvalue weighted by atomic mass is 16.5. The number of methoxy groups -OCH3 is 1. The van der Waals surface area contributed by atoms with Gasteiger partial charge in [0, 0.05) is 36.9 Å². The molecule has 1 aromatic heterocycles. The molecule has 0 spiro atoms. The Morgan fingerprint density at radius 1 is 1.29 bits per heavy atom. The fourth-order valence-corrected chi connectivity index (χ4v) is 2.96. The number of ether oxygens (including phenoxy) is 1. The molecule has 0 fully saturated rings. The summed E-state index contributed by atoms with van der Waals surface area (Å²) < 4.78 is 7.48. The van der Waals surface area contributed by atoms with Crippen molar-refractivity contribution in [3.05, 3.63) is 58.2 Å². The topological polar surface area (TPSA) is 31.2 Å². The molecular weight excluding hydrogens is 262 g/mol. The molecule has 0 radical (unpaired) electrons. The zero-order valence-corrected chi connectivity index (χ0v) is 12.4. The van der Waals surface area contributed by atoms with Gasteiger partial charge in [0.05, 0.1) is 12.5 Å². The van der Waals surface area contributed by atoms with E-state index in [4.69, 9.17) is 4.74 Å². The molecule has 0 saturated carbocycles. The summed E-state index contributed by atoms with van der Waals surface area (Å²) >= 11 is 0. The van der Waals surface area contributed by atoms with E-state index in [-0.39, 0.29) is 5.78 Å². The van der Waals surface area contributed by atoms with E-state index in [1.54, 1.807) is 7.11 Å². The van der Waals surface area contributed by atoms with Gasteiger partial charge in [0.1, 0.15) is 5.76 Å². The average molecular weight is 281 g/mol. The number of carbonyl (C=O) groups is 1. The molecule has 1 aliphatic rings. The van der Waals surface area contributed by atoms with Crippen molar-refractivity contribution in [1.82, 2.24) is 4.57 Å². The molecule has 0 saturated heterocycles. The van der Waals surface area contributed by atoms with E-state index in [9.17, 15) is 4.79 Å². The molecule has 0 N–H and O–H groups in total. The molecule has 21 heavy (non-hydrogen) atoms. The first-order chi connectivity index (χ1) is 10.2. The van der Waals surface area contributed by atoms with Gasteiger partial charge in [0.25, 0.3) is 0 Å². The van der Waals surface area contributed by atoms with Crippen LogP contribution in [0.15, 0.2) is 36.5 Å². The minimum atomic E-state index is 0.159. The lowest BCUT2D eigenvalue weighted by Gasteiger charge is -2.08. The Labute approximate surface area is 124 Å². The van der Waals surface area contributed by atoms with Crippen LogP contribution in [0.2, 0.25) is 0 Å². The highest BCUT2D eigenvalue weighted by Gasteiger charge is 2.16. The molecule has 1 aliphatic carbocycles. The Bertz CT molecular complexity index is 785. The first-order valence-corrected chi connectivity index (χ1v) is 7.20. The number of Topliss-reactive ketones (excluding diaryl/α,β-unsaturated/α-hetero) is 1. The molecule has 0 aliphatic heterocycles. The minimum absolute atomic E-state index is 0.159. The maximum absolute atomic E-state index is 12.6. The SMILES string of the molecule is COC1=c2c(c(C(=O)Cc3ccccc3)cn2C)=CCC1. The summed E-state index contributed by atoms with van der Waals surface area (Å²) in [6.45, 7) is 0. The predicted octanol–water partition coefficient (Wildman–Crippen LogP) is 1.78. The third-order valence-corrected chi connectivity index (χ3v) is 3.96. The van der Waals surface area contributed by atoms with Crippen molar-refractivity contribution in [2.24, 2.45) is 7.05 Å². The third kappa shape index (κ3) is 2.51. The molecule has 3 rings (SSSR count). The maximum Gasteiger partial charge on any atom is 0.169 e. The molecule has 2 aromatic rings. The Morgan fingerprint density at radius 2 is 2.05 bits per heavy atom. The molecule has 3 nitrogen and oxygen atoms in total. The fourth-order valence-electron chi connectivity index (χ4n) is 2.96. The van der Waals surface area contributed by atoms with Crippen LogP contribution in [0.3, 0.4) is 0 Å². The molecular formula is C18H19NO2. The number of benzene rings is 1. The lowest BCUT2D eigenvalue weighted by molar-refractivity contribution is 0.0992. The Hall–Kier alpha value is -2.29. The van der Waals surface area contributed by atoms with Gasteiger partial charge in [-0.25, -0.2) is 0 Å². The van der Waals surface area contributed by atoms with Gasteiger partial charge in [-0.3, -0.25) is 4.79 Å². The van der Waals surface area contributed by atoms with Gasteiger partial charge >= 0.3 is 0 Å². The normalized spacial score (nSPS) is 13.5. The number of hydrogen-bond acceptors (Lipinski definition) is 2. The first kappa shape index (κ1) is 13.7. The number of rotatable bonds is 4. The summed E-state index contributed by atoms with van der Waals surface area (Å²) in [7, 11) is 3.67. The monoisotopic (exact) mass is 281 g/mol. The van der Waals surface area contributed by atoms with Crippen molar-refractivity contribution < 1.29 is 9.53 Å². The van der Waals surface area contributed by atoms with E-state index < -0.39 is 0 Å². The van der Waals surface area contributed by atoms with Crippen LogP contribution in [0.5, 0.6) is 0 Å². The summed E-state index contributed by atoms with van der Waals surface area (Å²) in [5.74, 6) is 1.13. The molecule has 108 valence electrons. The number of fused-ring (bicyclic) bond motifs is 1. The van der Waals surface area contributed by atoms with Gasteiger partial charge in [0.2, 0.25) is 0 Å². The van der Waals surface area contributed by atoms with E-state index in [1.165, 1.54) is 0 Å². The highest BCUT2D eigenvalue weighted by Crippen LogP contribution is 2.10. The summed E-state index contributed by atoms with van der Waals surface area (Å²) in [4.78, 5) is 12.6.